The molecule has 0 bridgehead atoms. The number of esters is 1. The van der Waals surface area contributed by atoms with E-state index in [1.165, 1.54) is 11.8 Å². The van der Waals surface area contributed by atoms with Crippen molar-refractivity contribution in [2.24, 2.45) is 0 Å². The molecule has 3 heterocycles. The predicted molar refractivity (Wildman–Crippen MR) is 104 cm³/mol. The van der Waals surface area contributed by atoms with Gasteiger partial charge in [0.25, 0.3) is 5.56 Å². The molecule has 4 rings (SSSR count). The molecule has 2 aliphatic heterocycles. The maximum Gasteiger partial charge on any atom is 0.341 e. The van der Waals surface area contributed by atoms with E-state index >= 15 is 0 Å². The first kappa shape index (κ1) is 17.7. The van der Waals surface area contributed by atoms with Crippen molar-refractivity contribution in [3.05, 3.63) is 88.2 Å². The summed E-state index contributed by atoms with van der Waals surface area (Å²) in [5.74, 6) is -0.542. The maximum atomic E-state index is 13.0. The molecule has 0 fully saturated rings. The zero-order valence-electron chi connectivity index (χ0n) is 15.5. The number of carbonyl (C=O) groups excluding carboxylic acids is 1. The lowest BCUT2D eigenvalue weighted by Crippen LogP contribution is -2.16. The van der Waals surface area contributed by atoms with Gasteiger partial charge in [0.2, 0.25) is 0 Å². The summed E-state index contributed by atoms with van der Waals surface area (Å²) in [7, 11) is 1.31. The van der Waals surface area contributed by atoms with Gasteiger partial charge in [0.05, 0.1) is 18.4 Å². The van der Waals surface area contributed by atoms with Gasteiger partial charge in [-0.2, -0.15) is 9.78 Å². The average molecular weight is 374 g/mol. The van der Waals surface area contributed by atoms with Gasteiger partial charge in [-0.25, -0.2) is 4.79 Å². The highest BCUT2D eigenvalue weighted by molar-refractivity contribution is 5.96. The minimum atomic E-state index is -0.542. The van der Waals surface area contributed by atoms with Crippen LogP contribution in [0.25, 0.3) is 16.9 Å². The molecular weight excluding hydrogens is 356 g/mol. The Labute approximate surface area is 161 Å². The van der Waals surface area contributed by atoms with Crippen molar-refractivity contribution < 1.29 is 9.53 Å². The van der Waals surface area contributed by atoms with Gasteiger partial charge in [-0.05, 0) is 36.2 Å². The van der Waals surface area contributed by atoms with Crippen LogP contribution in [-0.4, -0.2) is 32.4 Å². The van der Waals surface area contributed by atoms with E-state index in [9.17, 15) is 9.59 Å². The molecule has 140 valence electrons. The summed E-state index contributed by atoms with van der Waals surface area (Å²) < 4.78 is 8.00. The van der Waals surface area contributed by atoms with Crippen LogP contribution < -0.4 is 5.56 Å². The Bertz CT molecular complexity index is 1180. The lowest BCUT2D eigenvalue weighted by atomic mass is 10.1. The lowest BCUT2D eigenvalue weighted by molar-refractivity contribution is 0.0600. The molecule has 0 saturated carbocycles. The van der Waals surface area contributed by atoms with Crippen LogP contribution in [0.15, 0.2) is 66.0 Å². The average Bonchev–Trinajstić information content (AvgIpc) is 3.04. The Balaban J connectivity index is 1.90. The predicted octanol–water partition coefficient (Wildman–Crippen LogP) is 2.68. The minimum absolute atomic E-state index is 0.243. The molecule has 1 aromatic carbocycles. The summed E-state index contributed by atoms with van der Waals surface area (Å²) in [6, 6.07) is 11.2. The summed E-state index contributed by atoms with van der Waals surface area (Å²) in [5, 5.41) is 4.42. The summed E-state index contributed by atoms with van der Waals surface area (Å²) in [6.45, 7) is 2.40. The van der Waals surface area contributed by atoms with E-state index in [4.69, 9.17) is 4.74 Å². The quantitative estimate of drug-likeness (QED) is 0.513. The molecule has 1 aromatic heterocycles. The molecule has 0 aliphatic carbocycles. The molecule has 0 radical (unpaired) electrons. The SMILES string of the molecule is COC(=O)c1cn(Cc2cccnc2)cc2c(=O)n(-c3cccc(C)c3)nc1-2. The van der Waals surface area contributed by atoms with Crippen LogP contribution in [0.2, 0.25) is 0 Å². The van der Waals surface area contributed by atoms with E-state index in [1.54, 1.807) is 29.4 Å². The molecule has 28 heavy (non-hydrogen) atoms. The highest BCUT2D eigenvalue weighted by Gasteiger charge is 2.25. The molecule has 0 spiro atoms. The van der Waals surface area contributed by atoms with E-state index < -0.39 is 5.97 Å². The van der Waals surface area contributed by atoms with Crippen molar-refractivity contribution >= 4 is 5.97 Å². The standard InChI is InChI=1S/C21H18N4O3/c1-14-5-3-7-16(9-14)25-20(26)17-12-24(11-15-6-4-8-22-10-15)13-18(19(17)23-25)21(27)28-2/h3-10,12-13H,11H2,1-2H3. The zero-order chi connectivity index (χ0) is 19.7. The summed E-state index contributed by atoms with van der Waals surface area (Å²) in [4.78, 5) is 29.5. The number of methoxy groups -OCH3 is 1. The Morgan fingerprint density at radius 2 is 2.04 bits per heavy atom. The van der Waals surface area contributed by atoms with E-state index in [0.717, 1.165) is 11.1 Å². The normalized spacial score (nSPS) is 10.9. The van der Waals surface area contributed by atoms with Crippen LogP contribution in [0, 0.1) is 6.92 Å². The molecule has 7 nitrogen and oxygen atoms in total. The second-order valence-electron chi connectivity index (χ2n) is 6.52. The number of pyridine rings is 2. The maximum absolute atomic E-state index is 13.0. The lowest BCUT2D eigenvalue weighted by Gasteiger charge is -2.11. The topological polar surface area (TPSA) is 79.0 Å². The fraction of sp³-hybridized carbons (Fsp3) is 0.143. The van der Waals surface area contributed by atoms with Crippen molar-refractivity contribution in [3.8, 4) is 16.9 Å². The highest BCUT2D eigenvalue weighted by atomic mass is 16.5. The van der Waals surface area contributed by atoms with E-state index in [0.29, 0.717) is 23.5 Å². The number of rotatable bonds is 4. The highest BCUT2D eigenvalue weighted by Crippen LogP contribution is 2.23. The fourth-order valence-corrected chi connectivity index (χ4v) is 3.15. The van der Waals surface area contributed by atoms with Crippen LogP contribution in [0.3, 0.4) is 0 Å². The Kier molecular flexibility index (Phi) is 4.49. The third kappa shape index (κ3) is 3.18. The minimum Gasteiger partial charge on any atom is -0.465 e. The number of carbonyl (C=O) groups is 1. The molecule has 0 saturated heterocycles. The number of aromatic nitrogens is 4. The molecule has 0 amide bonds. The smallest absolute Gasteiger partial charge is 0.341 e. The van der Waals surface area contributed by atoms with Crippen LogP contribution in [0.1, 0.15) is 21.5 Å². The second kappa shape index (κ2) is 7.11. The van der Waals surface area contributed by atoms with E-state index in [1.807, 2.05) is 43.3 Å². The monoisotopic (exact) mass is 374 g/mol. The molecular formula is C21H18N4O3. The van der Waals surface area contributed by atoms with Gasteiger partial charge < -0.3 is 9.30 Å². The van der Waals surface area contributed by atoms with E-state index in [-0.39, 0.29) is 11.1 Å². The van der Waals surface area contributed by atoms with Crippen molar-refractivity contribution in [2.75, 3.05) is 7.11 Å². The number of aryl methyl sites for hydroxylation is 1. The van der Waals surface area contributed by atoms with Gasteiger partial charge in [0.1, 0.15) is 11.3 Å². The third-order valence-corrected chi connectivity index (χ3v) is 4.46. The van der Waals surface area contributed by atoms with Crippen molar-refractivity contribution in [2.45, 2.75) is 13.5 Å². The van der Waals surface area contributed by atoms with Gasteiger partial charge in [-0.15, -0.1) is 0 Å². The second-order valence-corrected chi connectivity index (χ2v) is 6.52. The number of hydrogen-bond donors (Lipinski definition) is 0. The Morgan fingerprint density at radius 1 is 1.18 bits per heavy atom. The molecule has 0 N–H and O–H groups in total. The Morgan fingerprint density at radius 3 is 2.75 bits per heavy atom. The van der Waals surface area contributed by atoms with Crippen LogP contribution in [0.5, 0.6) is 0 Å². The number of ether oxygens (including phenoxy) is 1. The molecule has 0 unspecified atom stereocenters. The van der Waals surface area contributed by atoms with Gasteiger partial charge in [-0.3, -0.25) is 9.78 Å². The van der Waals surface area contributed by atoms with Gasteiger partial charge in [0, 0.05) is 31.3 Å². The van der Waals surface area contributed by atoms with Crippen molar-refractivity contribution in [1.29, 1.82) is 0 Å². The van der Waals surface area contributed by atoms with Crippen molar-refractivity contribution in [3.63, 3.8) is 0 Å². The van der Waals surface area contributed by atoms with Crippen LogP contribution in [-0.2, 0) is 11.3 Å². The first-order chi connectivity index (χ1) is 13.6. The van der Waals surface area contributed by atoms with Gasteiger partial charge in [-0.1, -0.05) is 18.2 Å². The molecule has 2 aliphatic rings. The molecule has 2 aromatic rings. The van der Waals surface area contributed by atoms with Crippen LogP contribution in [0.4, 0.5) is 0 Å². The van der Waals surface area contributed by atoms with Gasteiger partial charge >= 0.3 is 5.97 Å². The zero-order valence-corrected chi connectivity index (χ0v) is 15.5. The summed E-state index contributed by atoms with van der Waals surface area (Å²) in [6.07, 6.45) is 6.78. The van der Waals surface area contributed by atoms with Crippen LogP contribution >= 0.6 is 0 Å². The number of fused-ring (bicyclic) bond motifs is 1. The first-order valence-corrected chi connectivity index (χ1v) is 8.74. The van der Waals surface area contributed by atoms with E-state index in [2.05, 4.69) is 10.1 Å². The third-order valence-electron chi connectivity index (χ3n) is 4.46. The van der Waals surface area contributed by atoms with Gasteiger partial charge in [0.15, 0.2) is 0 Å². The molecule has 0 atom stereocenters. The summed E-state index contributed by atoms with van der Waals surface area (Å²) >= 11 is 0. The largest absolute Gasteiger partial charge is 0.465 e. The molecule has 7 heteroatoms. The number of hydrogen-bond acceptors (Lipinski definition) is 5. The fourth-order valence-electron chi connectivity index (χ4n) is 3.15. The van der Waals surface area contributed by atoms with Crippen molar-refractivity contribution in [1.82, 2.24) is 19.3 Å². The number of nitrogens with zero attached hydrogens (tertiary/aromatic N) is 4. The summed E-state index contributed by atoms with van der Waals surface area (Å²) in [5.41, 5.74) is 3.24. The Hall–Kier alpha value is -3.74. The first-order valence-electron chi connectivity index (χ1n) is 8.74. The number of benzene rings is 1.